The standard InChI is InChI=1S/C14H11FN2S2/c1-18-11-3-2-4-12-13(11)17-14(19-12)16-10-7-5-9(15)6-8-10/h2-8H,1H3,(H,16,17). The minimum Gasteiger partial charge on any atom is -0.332 e. The molecule has 19 heavy (non-hydrogen) atoms. The summed E-state index contributed by atoms with van der Waals surface area (Å²) in [5.41, 5.74) is 1.86. The predicted octanol–water partition coefficient (Wildman–Crippen LogP) is 4.90. The monoisotopic (exact) mass is 290 g/mol. The van der Waals surface area contributed by atoms with Crippen molar-refractivity contribution in [2.45, 2.75) is 4.90 Å². The van der Waals surface area contributed by atoms with E-state index in [1.165, 1.54) is 17.0 Å². The molecule has 1 aromatic heterocycles. The first-order valence-electron chi connectivity index (χ1n) is 5.72. The van der Waals surface area contributed by atoms with Gasteiger partial charge in [-0.05, 0) is 42.7 Å². The van der Waals surface area contributed by atoms with Crippen LogP contribution in [0.1, 0.15) is 0 Å². The Hall–Kier alpha value is -1.59. The molecule has 0 fully saturated rings. The highest BCUT2D eigenvalue weighted by Gasteiger charge is 2.07. The van der Waals surface area contributed by atoms with Gasteiger partial charge in [-0.2, -0.15) is 0 Å². The van der Waals surface area contributed by atoms with E-state index in [1.807, 2.05) is 12.3 Å². The number of hydrogen-bond donors (Lipinski definition) is 1. The van der Waals surface area contributed by atoms with Crippen LogP contribution >= 0.6 is 23.1 Å². The van der Waals surface area contributed by atoms with Gasteiger partial charge in [-0.1, -0.05) is 17.4 Å². The van der Waals surface area contributed by atoms with Crippen molar-refractivity contribution in [1.29, 1.82) is 0 Å². The van der Waals surface area contributed by atoms with Crippen molar-refractivity contribution in [2.24, 2.45) is 0 Å². The van der Waals surface area contributed by atoms with Crippen LogP contribution in [0.3, 0.4) is 0 Å². The van der Waals surface area contributed by atoms with Crippen molar-refractivity contribution in [3.05, 3.63) is 48.3 Å². The van der Waals surface area contributed by atoms with E-state index in [0.717, 1.165) is 21.0 Å². The van der Waals surface area contributed by atoms with Crippen LogP contribution < -0.4 is 5.32 Å². The molecule has 3 rings (SSSR count). The summed E-state index contributed by atoms with van der Waals surface area (Å²) in [5, 5.41) is 4.03. The van der Waals surface area contributed by atoms with Crippen molar-refractivity contribution in [3.8, 4) is 0 Å². The molecule has 0 amide bonds. The topological polar surface area (TPSA) is 24.9 Å². The summed E-state index contributed by atoms with van der Waals surface area (Å²) in [6, 6.07) is 12.4. The molecule has 0 aliphatic heterocycles. The average molecular weight is 290 g/mol. The number of thiazole rings is 1. The van der Waals surface area contributed by atoms with Crippen LogP contribution in [0.4, 0.5) is 15.2 Å². The molecule has 2 aromatic carbocycles. The predicted molar refractivity (Wildman–Crippen MR) is 81.1 cm³/mol. The molecule has 0 aliphatic carbocycles. The van der Waals surface area contributed by atoms with E-state index in [-0.39, 0.29) is 5.82 Å². The Morgan fingerprint density at radius 3 is 2.68 bits per heavy atom. The fraction of sp³-hybridized carbons (Fsp3) is 0.0714. The molecule has 3 aromatic rings. The number of para-hydroxylation sites is 1. The van der Waals surface area contributed by atoms with Gasteiger partial charge in [0, 0.05) is 10.6 Å². The summed E-state index contributed by atoms with van der Waals surface area (Å²) in [4.78, 5) is 5.76. The van der Waals surface area contributed by atoms with Crippen LogP contribution in [0.25, 0.3) is 10.2 Å². The molecule has 96 valence electrons. The number of nitrogens with zero attached hydrogens (tertiary/aromatic N) is 1. The van der Waals surface area contributed by atoms with Crippen LogP contribution in [-0.2, 0) is 0 Å². The number of halogens is 1. The molecule has 2 nitrogen and oxygen atoms in total. The minimum atomic E-state index is -0.237. The molecule has 0 atom stereocenters. The van der Waals surface area contributed by atoms with Crippen molar-refractivity contribution >= 4 is 44.1 Å². The lowest BCUT2D eigenvalue weighted by molar-refractivity contribution is 0.628. The smallest absolute Gasteiger partial charge is 0.188 e. The summed E-state index contributed by atoms with van der Waals surface area (Å²) in [6.07, 6.45) is 2.04. The molecular formula is C14H11FN2S2. The van der Waals surface area contributed by atoms with E-state index in [2.05, 4.69) is 22.4 Å². The minimum absolute atomic E-state index is 0.237. The molecule has 5 heteroatoms. The zero-order chi connectivity index (χ0) is 13.2. The Balaban J connectivity index is 1.95. The average Bonchev–Trinajstić information content (AvgIpc) is 2.83. The lowest BCUT2D eigenvalue weighted by Crippen LogP contribution is -1.88. The van der Waals surface area contributed by atoms with E-state index in [0.29, 0.717) is 0 Å². The first kappa shape index (κ1) is 12.4. The first-order chi connectivity index (χ1) is 9.26. The number of thioether (sulfide) groups is 1. The number of anilines is 2. The maximum absolute atomic E-state index is 12.8. The second-order valence-electron chi connectivity index (χ2n) is 3.96. The Morgan fingerprint density at radius 1 is 1.16 bits per heavy atom. The second-order valence-corrected chi connectivity index (χ2v) is 5.84. The normalized spacial score (nSPS) is 10.8. The SMILES string of the molecule is CSc1cccc2sc(Nc3ccc(F)cc3)nc12. The Morgan fingerprint density at radius 2 is 1.95 bits per heavy atom. The van der Waals surface area contributed by atoms with Crippen LogP contribution in [0, 0.1) is 5.82 Å². The molecule has 0 spiro atoms. The number of rotatable bonds is 3. The first-order valence-corrected chi connectivity index (χ1v) is 7.76. The van der Waals surface area contributed by atoms with Crippen LogP contribution in [0.2, 0.25) is 0 Å². The van der Waals surface area contributed by atoms with Gasteiger partial charge >= 0.3 is 0 Å². The molecule has 0 radical (unpaired) electrons. The largest absolute Gasteiger partial charge is 0.332 e. The van der Waals surface area contributed by atoms with Gasteiger partial charge in [0.2, 0.25) is 0 Å². The number of aromatic nitrogens is 1. The molecule has 0 unspecified atom stereocenters. The van der Waals surface area contributed by atoms with Gasteiger partial charge in [0.25, 0.3) is 0 Å². The van der Waals surface area contributed by atoms with E-state index in [9.17, 15) is 4.39 Å². The van der Waals surface area contributed by atoms with Crippen molar-refractivity contribution in [1.82, 2.24) is 4.98 Å². The summed E-state index contributed by atoms with van der Waals surface area (Å²) in [5.74, 6) is -0.237. The zero-order valence-electron chi connectivity index (χ0n) is 10.2. The molecular weight excluding hydrogens is 279 g/mol. The van der Waals surface area contributed by atoms with Crippen molar-refractivity contribution in [2.75, 3.05) is 11.6 Å². The number of hydrogen-bond acceptors (Lipinski definition) is 4. The second kappa shape index (κ2) is 5.19. The number of nitrogens with one attached hydrogen (secondary N) is 1. The molecule has 1 N–H and O–H groups in total. The van der Waals surface area contributed by atoms with Gasteiger partial charge < -0.3 is 5.32 Å². The van der Waals surface area contributed by atoms with Crippen LogP contribution in [0.15, 0.2) is 47.4 Å². The third-order valence-electron chi connectivity index (χ3n) is 2.70. The lowest BCUT2D eigenvalue weighted by atomic mass is 10.3. The fourth-order valence-electron chi connectivity index (χ4n) is 1.80. The Bertz CT molecular complexity index is 707. The fourth-order valence-corrected chi connectivity index (χ4v) is 3.34. The van der Waals surface area contributed by atoms with Gasteiger partial charge in [0.05, 0.1) is 10.2 Å². The lowest BCUT2D eigenvalue weighted by Gasteiger charge is -2.01. The van der Waals surface area contributed by atoms with E-state index >= 15 is 0 Å². The van der Waals surface area contributed by atoms with Gasteiger partial charge in [-0.15, -0.1) is 11.8 Å². The summed E-state index contributed by atoms with van der Waals surface area (Å²) < 4.78 is 14.0. The summed E-state index contributed by atoms with van der Waals surface area (Å²) >= 11 is 3.28. The van der Waals surface area contributed by atoms with E-state index < -0.39 is 0 Å². The molecule has 0 saturated carbocycles. The molecule has 0 saturated heterocycles. The van der Waals surface area contributed by atoms with Gasteiger partial charge in [0.1, 0.15) is 5.82 Å². The van der Waals surface area contributed by atoms with Gasteiger partial charge in [-0.25, -0.2) is 9.37 Å². The van der Waals surface area contributed by atoms with Crippen molar-refractivity contribution in [3.63, 3.8) is 0 Å². The molecule has 0 aliphatic rings. The van der Waals surface area contributed by atoms with E-state index in [1.54, 1.807) is 35.2 Å². The highest BCUT2D eigenvalue weighted by Crippen LogP contribution is 2.33. The summed E-state index contributed by atoms with van der Waals surface area (Å²) in [7, 11) is 0. The number of fused-ring (bicyclic) bond motifs is 1. The van der Waals surface area contributed by atoms with Crippen molar-refractivity contribution < 1.29 is 4.39 Å². The third kappa shape index (κ3) is 2.57. The Kier molecular flexibility index (Phi) is 3.40. The molecule has 0 bridgehead atoms. The summed E-state index contributed by atoms with van der Waals surface area (Å²) in [6.45, 7) is 0. The zero-order valence-corrected chi connectivity index (χ0v) is 11.8. The van der Waals surface area contributed by atoms with Crippen LogP contribution in [0.5, 0.6) is 0 Å². The van der Waals surface area contributed by atoms with Gasteiger partial charge in [0.15, 0.2) is 5.13 Å². The molecule has 1 heterocycles. The maximum Gasteiger partial charge on any atom is 0.188 e. The quantitative estimate of drug-likeness (QED) is 0.694. The van der Waals surface area contributed by atoms with Crippen LogP contribution in [-0.4, -0.2) is 11.2 Å². The third-order valence-corrected chi connectivity index (χ3v) is 4.40. The maximum atomic E-state index is 12.8. The Labute approximate surface area is 118 Å². The van der Waals surface area contributed by atoms with E-state index in [4.69, 9.17) is 0 Å². The highest BCUT2D eigenvalue weighted by atomic mass is 32.2. The number of benzene rings is 2. The highest BCUT2D eigenvalue weighted by molar-refractivity contribution is 7.98. The van der Waals surface area contributed by atoms with Gasteiger partial charge in [-0.3, -0.25) is 0 Å².